The van der Waals surface area contributed by atoms with E-state index in [1.54, 1.807) is 0 Å². The Morgan fingerprint density at radius 3 is 2.24 bits per heavy atom. The summed E-state index contributed by atoms with van der Waals surface area (Å²) in [4.78, 5) is 25.1. The molecule has 0 bridgehead atoms. The Bertz CT molecular complexity index is 1220. The first-order valence-corrected chi connectivity index (χ1v) is 12.4. The van der Waals surface area contributed by atoms with E-state index in [0.717, 1.165) is 17.8 Å². The monoisotopic (exact) mass is 459 g/mol. The third-order valence-corrected chi connectivity index (χ3v) is 7.99. The molecule has 0 unspecified atom stereocenters. The van der Waals surface area contributed by atoms with Gasteiger partial charge in [0.15, 0.2) is 9.84 Å². The van der Waals surface area contributed by atoms with Crippen molar-refractivity contribution in [3.8, 4) is 0 Å². The van der Waals surface area contributed by atoms with Crippen LogP contribution < -0.4 is 5.43 Å². The van der Waals surface area contributed by atoms with Gasteiger partial charge >= 0.3 is 10.2 Å². The van der Waals surface area contributed by atoms with Crippen molar-refractivity contribution in [2.75, 3.05) is 24.8 Å². The Labute approximate surface area is 171 Å². The summed E-state index contributed by atoms with van der Waals surface area (Å²) in [7, 11) is -7.69. The Balaban J connectivity index is 2.03. The average molecular weight is 460 g/mol. The van der Waals surface area contributed by atoms with Gasteiger partial charge in [-0.1, -0.05) is 0 Å². The number of benzene rings is 1. The van der Waals surface area contributed by atoms with Gasteiger partial charge in [0.05, 0.1) is 10.4 Å². The van der Waals surface area contributed by atoms with Gasteiger partial charge in [-0.15, -0.1) is 0 Å². The summed E-state index contributed by atoms with van der Waals surface area (Å²) < 4.78 is 53.5. The minimum absolute atomic E-state index is 0.0751. The highest BCUT2D eigenvalue weighted by molar-refractivity contribution is 7.90. The molecule has 0 saturated carbocycles. The van der Waals surface area contributed by atoms with Crippen molar-refractivity contribution in [2.24, 2.45) is 5.10 Å². The number of fused-ring (bicyclic) bond motifs is 1. The molecule has 29 heavy (non-hydrogen) atoms. The van der Waals surface area contributed by atoms with E-state index in [1.165, 1.54) is 32.0 Å². The summed E-state index contributed by atoms with van der Waals surface area (Å²) in [5.74, 6) is -2.08. The summed E-state index contributed by atoms with van der Waals surface area (Å²) in [6.07, 6.45) is 1.07. The first kappa shape index (κ1) is 21.1. The highest BCUT2D eigenvalue weighted by atomic mass is 32.2. The number of amides is 2. The molecule has 0 atom stereocenters. The Hall–Kier alpha value is -2.58. The molecule has 1 N–H and O–H groups in total. The lowest BCUT2D eigenvalue weighted by Gasteiger charge is -2.33. The largest absolute Gasteiger partial charge is 0.331 e. The SMILES string of the molecule is CCN1C(=O)C(=NNc2snc3ccc(S(C)(=O)=O)cc23)C(=O)N(CC)S1(=O)=O. The van der Waals surface area contributed by atoms with Crippen LogP contribution in [0.2, 0.25) is 0 Å². The highest BCUT2D eigenvalue weighted by Crippen LogP contribution is 2.30. The molecule has 2 amide bonds. The van der Waals surface area contributed by atoms with Gasteiger partial charge in [-0.25, -0.2) is 17.0 Å². The number of hydrogen-bond donors (Lipinski definition) is 1. The molecule has 1 aliphatic rings. The van der Waals surface area contributed by atoms with Crippen LogP contribution in [0.5, 0.6) is 0 Å². The van der Waals surface area contributed by atoms with E-state index in [4.69, 9.17) is 0 Å². The second-order valence-corrected chi connectivity index (χ2v) is 10.5. The van der Waals surface area contributed by atoms with Crippen LogP contribution in [0.15, 0.2) is 28.2 Å². The molecule has 1 aliphatic heterocycles. The van der Waals surface area contributed by atoms with Crippen LogP contribution in [0.3, 0.4) is 0 Å². The number of nitrogens with one attached hydrogen (secondary N) is 1. The van der Waals surface area contributed by atoms with E-state index >= 15 is 0 Å². The van der Waals surface area contributed by atoms with Crippen molar-refractivity contribution in [1.29, 1.82) is 0 Å². The summed E-state index contributed by atoms with van der Waals surface area (Å²) in [6.45, 7) is 2.61. The van der Waals surface area contributed by atoms with Crippen LogP contribution in [-0.2, 0) is 29.6 Å². The predicted molar refractivity (Wildman–Crippen MR) is 107 cm³/mol. The van der Waals surface area contributed by atoms with E-state index in [1.807, 2.05) is 0 Å². The second-order valence-electron chi connectivity index (χ2n) is 5.98. The van der Waals surface area contributed by atoms with E-state index in [0.29, 0.717) is 24.5 Å². The molecule has 0 radical (unpaired) electrons. The van der Waals surface area contributed by atoms with Gasteiger partial charge in [0.2, 0.25) is 5.71 Å². The first-order valence-electron chi connectivity index (χ1n) is 8.34. The van der Waals surface area contributed by atoms with Crippen molar-refractivity contribution in [3.63, 3.8) is 0 Å². The Kier molecular flexibility index (Phi) is 5.36. The van der Waals surface area contributed by atoms with Gasteiger partial charge in [0, 0.05) is 24.7 Å². The zero-order chi connectivity index (χ0) is 21.6. The molecule has 1 aromatic heterocycles. The van der Waals surface area contributed by atoms with Crippen molar-refractivity contribution in [1.82, 2.24) is 13.0 Å². The Morgan fingerprint density at radius 1 is 1.14 bits per heavy atom. The number of sulfone groups is 1. The summed E-state index contributed by atoms with van der Waals surface area (Å²) in [6, 6.07) is 4.36. The number of rotatable bonds is 5. The number of hydrogen-bond acceptors (Lipinski definition) is 10. The maximum Gasteiger partial charge on any atom is 0.331 e. The van der Waals surface area contributed by atoms with Gasteiger partial charge in [-0.3, -0.25) is 15.0 Å². The van der Waals surface area contributed by atoms with Crippen LogP contribution in [0.25, 0.3) is 10.9 Å². The van der Waals surface area contributed by atoms with E-state index < -0.39 is 37.6 Å². The van der Waals surface area contributed by atoms with Crippen molar-refractivity contribution in [3.05, 3.63) is 18.2 Å². The smallest absolute Gasteiger partial charge is 0.266 e. The molecule has 1 fully saturated rings. The number of carbonyl (C=O) groups excluding carboxylic acids is 2. The van der Waals surface area contributed by atoms with Crippen LogP contribution in [0.4, 0.5) is 5.00 Å². The first-order chi connectivity index (χ1) is 13.5. The predicted octanol–water partition coefficient (Wildman–Crippen LogP) is 0.423. The molecule has 2 heterocycles. The maximum atomic E-state index is 12.5. The molecule has 0 spiro atoms. The van der Waals surface area contributed by atoms with Crippen molar-refractivity contribution >= 4 is 65.0 Å². The molecule has 14 heteroatoms. The zero-order valence-corrected chi connectivity index (χ0v) is 18.1. The Morgan fingerprint density at radius 2 is 1.72 bits per heavy atom. The number of anilines is 1. The zero-order valence-electron chi connectivity index (χ0n) is 15.6. The van der Waals surface area contributed by atoms with Crippen LogP contribution in [-0.4, -0.2) is 66.7 Å². The minimum atomic E-state index is -4.24. The molecule has 2 aromatic rings. The average Bonchev–Trinajstić information content (AvgIpc) is 3.03. The summed E-state index contributed by atoms with van der Waals surface area (Å²) in [5.41, 5.74) is 2.46. The van der Waals surface area contributed by atoms with Gasteiger partial charge in [0.25, 0.3) is 11.8 Å². The number of nitrogens with zero attached hydrogens (tertiary/aromatic N) is 4. The lowest BCUT2D eigenvalue weighted by atomic mass is 10.2. The topological polar surface area (TPSA) is 146 Å². The van der Waals surface area contributed by atoms with Crippen molar-refractivity contribution < 1.29 is 26.4 Å². The molecule has 1 saturated heterocycles. The summed E-state index contributed by atoms with van der Waals surface area (Å²) >= 11 is 0.955. The fraction of sp³-hybridized carbons (Fsp3) is 0.333. The third-order valence-electron chi connectivity index (χ3n) is 4.13. The molecular weight excluding hydrogens is 442 g/mol. The molecule has 0 aliphatic carbocycles. The van der Waals surface area contributed by atoms with Crippen LogP contribution >= 0.6 is 11.5 Å². The second kappa shape index (κ2) is 7.35. The quantitative estimate of drug-likeness (QED) is 0.633. The molecule has 11 nitrogen and oxygen atoms in total. The number of aromatic nitrogens is 1. The number of carbonyl (C=O) groups is 2. The van der Waals surface area contributed by atoms with Gasteiger partial charge in [-0.05, 0) is 43.6 Å². The fourth-order valence-electron chi connectivity index (χ4n) is 2.70. The minimum Gasteiger partial charge on any atom is -0.266 e. The van der Waals surface area contributed by atoms with Gasteiger partial charge in [0.1, 0.15) is 5.00 Å². The lowest BCUT2D eigenvalue weighted by Crippen LogP contribution is -2.60. The van der Waals surface area contributed by atoms with Gasteiger partial charge in [-0.2, -0.15) is 17.9 Å². The molecular formula is C15H17N5O6S3. The van der Waals surface area contributed by atoms with Gasteiger partial charge < -0.3 is 0 Å². The van der Waals surface area contributed by atoms with E-state index in [-0.39, 0.29) is 18.0 Å². The molecule has 156 valence electrons. The maximum absolute atomic E-state index is 12.5. The fourth-order valence-corrected chi connectivity index (χ4v) is 5.53. The van der Waals surface area contributed by atoms with Crippen LogP contribution in [0.1, 0.15) is 13.8 Å². The third kappa shape index (κ3) is 3.58. The van der Waals surface area contributed by atoms with E-state index in [2.05, 4.69) is 14.9 Å². The summed E-state index contributed by atoms with van der Waals surface area (Å²) in [5, 5.41) is 4.57. The van der Waals surface area contributed by atoms with Crippen LogP contribution in [0, 0.1) is 0 Å². The van der Waals surface area contributed by atoms with E-state index in [9.17, 15) is 26.4 Å². The molecule has 1 aromatic carbocycles. The van der Waals surface area contributed by atoms with Crippen molar-refractivity contribution in [2.45, 2.75) is 18.7 Å². The molecule has 3 rings (SSSR count). The standard InChI is InChI=1S/C15H17N5O6S3/c1-4-19-14(21)12(15(22)20(5-2)29(19,25)26)16-17-13-10-8-9(28(3,23)24)6-7-11(10)18-27-13/h6-8,17H,4-5H2,1-3H3. The lowest BCUT2D eigenvalue weighted by molar-refractivity contribution is -0.126. The highest BCUT2D eigenvalue weighted by Gasteiger charge is 2.46. The number of hydrazone groups is 1. The normalized spacial score (nSPS) is 17.1.